The summed E-state index contributed by atoms with van der Waals surface area (Å²) in [5, 5.41) is 5.63. The molecule has 2 N–H and O–H groups in total. The highest BCUT2D eigenvalue weighted by atomic mass is 16.6. The van der Waals surface area contributed by atoms with Gasteiger partial charge in [0.05, 0.1) is 17.5 Å². The van der Waals surface area contributed by atoms with Crippen molar-refractivity contribution in [3.05, 3.63) is 51.9 Å². The summed E-state index contributed by atoms with van der Waals surface area (Å²) in [6.07, 6.45) is -0.416. The first kappa shape index (κ1) is 16.8. The molecule has 0 bridgehead atoms. The summed E-state index contributed by atoms with van der Waals surface area (Å²) >= 11 is 0. The van der Waals surface area contributed by atoms with Crippen LogP contribution in [0.25, 0.3) is 11.0 Å². The van der Waals surface area contributed by atoms with E-state index in [2.05, 4.69) is 15.4 Å². The molecule has 1 saturated heterocycles. The number of aromatic nitrogens is 3. The molecule has 0 radical (unpaired) electrons. The first-order chi connectivity index (χ1) is 12.9. The summed E-state index contributed by atoms with van der Waals surface area (Å²) in [5.74, 6) is -0.427. The van der Waals surface area contributed by atoms with Gasteiger partial charge in [0, 0.05) is 24.1 Å². The minimum Gasteiger partial charge on any atom is -0.447 e. The van der Waals surface area contributed by atoms with Crippen molar-refractivity contribution in [2.45, 2.75) is 6.92 Å². The van der Waals surface area contributed by atoms with Crippen LogP contribution in [0.2, 0.25) is 0 Å². The Balaban J connectivity index is 1.68. The molecule has 9 nitrogen and oxygen atoms in total. The second-order valence-corrected chi connectivity index (χ2v) is 6.28. The summed E-state index contributed by atoms with van der Waals surface area (Å²) in [6.45, 7) is 2.55. The number of hydrogen-bond donors (Lipinski definition) is 2. The van der Waals surface area contributed by atoms with Crippen LogP contribution in [-0.2, 0) is 11.8 Å². The molecule has 0 unspecified atom stereocenters. The molecule has 0 aliphatic carbocycles. The van der Waals surface area contributed by atoms with Crippen LogP contribution in [0.1, 0.15) is 16.1 Å². The number of cyclic esters (lactones) is 1. The van der Waals surface area contributed by atoms with E-state index in [0.717, 1.165) is 0 Å². The minimum atomic E-state index is -0.427. The summed E-state index contributed by atoms with van der Waals surface area (Å²) in [7, 11) is 1.66. The standard InChI is InChI=1S/C18H17N5O4/c1-10-8-13(14-15(19-10)22(2)21-17(14)25)16(24)20-11-4-3-5-12(9-11)23-6-7-27-18(23)26/h3-5,8-9H,6-7H2,1-2H3,(H,20,24)(H,21,25). The number of aromatic amines is 1. The second kappa shape index (κ2) is 6.27. The minimum absolute atomic E-state index is 0.236. The number of amides is 2. The van der Waals surface area contributed by atoms with Crippen LogP contribution in [0, 0.1) is 6.92 Å². The quantitative estimate of drug-likeness (QED) is 0.733. The summed E-state index contributed by atoms with van der Waals surface area (Å²) in [5.41, 5.74) is 2.04. The van der Waals surface area contributed by atoms with Gasteiger partial charge in [-0.1, -0.05) is 6.07 Å². The Hall–Kier alpha value is -3.62. The van der Waals surface area contributed by atoms with Gasteiger partial charge in [0.25, 0.3) is 11.5 Å². The van der Waals surface area contributed by atoms with Gasteiger partial charge in [-0.25, -0.2) is 9.78 Å². The van der Waals surface area contributed by atoms with Crippen molar-refractivity contribution in [1.29, 1.82) is 0 Å². The first-order valence-electron chi connectivity index (χ1n) is 8.36. The van der Waals surface area contributed by atoms with E-state index < -0.39 is 12.0 Å². The maximum Gasteiger partial charge on any atom is 0.414 e. The van der Waals surface area contributed by atoms with E-state index in [0.29, 0.717) is 35.9 Å². The summed E-state index contributed by atoms with van der Waals surface area (Å²) in [6, 6.07) is 8.47. The molecule has 2 amide bonds. The molecule has 9 heteroatoms. The van der Waals surface area contributed by atoms with Gasteiger partial charge in [0.15, 0.2) is 5.65 Å². The van der Waals surface area contributed by atoms with E-state index in [4.69, 9.17) is 4.74 Å². The number of benzene rings is 1. The highest BCUT2D eigenvalue weighted by Crippen LogP contribution is 2.23. The fourth-order valence-electron chi connectivity index (χ4n) is 3.14. The van der Waals surface area contributed by atoms with E-state index in [-0.39, 0.29) is 16.5 Å². The van der Waals surface area contributed by atoms with Crippen LogP contribution in [0.3, 0.4) is 0 Å². The van der Waals surface area contributed by atoms with E-state index >= 15 is 0 Å². The van der Waals surface area contributed by atoms with Gasteiger partial charge in [0.2, 0.25) is 0 Å². The Morgan fingerprint density at radius 3 is 2.85 bits per heavy atom. The Labute approximate surface area is 153 Å². The third kappa shape index (κ3) is 2.92. The molecule has 3 aromatic rings. The van der Waals surface area contributed by atoms with E-state index in [1.54, 1.807) is 44.3 Å². The number of H-pyrrole nitrogens is 1. The molecule has 0 atom stereocenters. The topological polar surface area (TPSA) is 109 Å². The lowest BCUT2D eigenvalue weighted by atomic mass is 10.1. The lowest BCUT2D eigenvalue weighted by Crippen LogP contribution is -2.23. The van der Waals surface area contributed by atoms with Crippen molar-refractivity contribution in [3.8, 4) is 0 Å². The molecule has 1 aliphatic rings. The van der Waals surface area contributed by atoms with Crippen LogP contribution in [-0.4, -0.2) is 39.9 Å². The Morgan fingerprint density at radius 1 is 1.30 bits per heavy atom. The highest BCUT2D eigenvalue weighted by Gasteiger charge is 2.24. The number of carbonyl (C=O) groups is 2. The van der Waals surface area contributed by atoms with Crippen molar-refractivity contribution in [3.63, 3.8) is 0 Å². The Morgan fingerprint density at radius 2 is 2.11 bits per heavy atom. The molecule has 4 rings (SSSR count). The van der Waals surface area contributed by atoms with Crippen molar-refractivity contribution in [1.82, 2.24) is 14.8 Å². The number of rotatable bonds is 3. The fraction of sp³-hybridized carbons (Fsp3) is 0.222. The number of anilines is 2. The molecular weight excluding hydrogens is 350 g/mol. The van der Waals surface area contributed by atoms with Gasteiger partial charge >= 0.3 is 6.09 Å². The third-order valence-corrected chi connectivity index (χ3v) is 4.36. The average molecular weight is 367 g/mol. The van der Waals surface area contributed by atoms with Crippen LogP contribution >= 0.6 is 0 Å². The molecule has 1 aromatic carbocycles. The van der Waals surface area contributed by atoms with Crippen LogP contribution in [0.5, 0.6) is 0 Å². The maximum atomic E-state index is 12.8. The third-order valence-electron chi connectivity index (χ3n) is 4.36. The smallest absolute Gasteiger partial charge is 0.414 e. The maximum absolute atomic E-state index is 12.8. The average Bonchev–Trinajstić information content (AvgIpc) is 3.18. The summed E-state index contributed by atoms with van der Waals surface area (Å²) in [4.78, 5) is 42.6. The van der Waals surface area contributed by atoms with Gasteiger partial charge in [-0.2, -0.15) is 0 Å². The number of aryl methyl sites for hydroxylation is 2. The fourth-order valence-corrected chi connectivity index (χ4v) is 3.14. The van der Waals surface area contributed by atoms with Crippen LogP contribution < -0.4 is 15.8 Å². The second-order valence-electron chi connectivity index (χ2n) is 6.28. The number of hydrogen-bond acceptors (Lipinski definition) is 5. The molecule has 0 spiro atoms. The Kier molecular flexibility index (Phi) is 3.91. The number of ether oxygens (including phenoxy) is 1. The largest absolute Gasteiger partial charge is 0.447 e. The molecule has 1 aliphatic heterocycles. The molecular formula is C18H17N5O4. The molecule has 0 saturated carbocycles. The number of fused-ring (bicyclic) bond motifs is 1. The summed E-state index contributed by atoms with van der Waals surface area (Å²) < 4.78 is 6.43. The number of carbonyl (C=O) groups excluding carboxylic acids is 2. The van der Waals surface area contributed by atoms with Gasteiger partial charge in [-0.3, -0.25) is 24.3 Å². The monoisotopic (exact) mass is 367 g/mol. The van der Waals surface area contributed by atoms with Crippen molar-refractivity contribution in [2.24, 2.45) is 7.05 Å². The van der Waals surface area contributed by atoms with Crippen LogP contribution in [0.4, 0.5) is 16.2 Å². The number of nitrogens with zero attached hydrogens (tertiary/aromatic N) is 3. The van der Waals surface area contributed by atoms with E-state index in [1.165, 1.54) is 9.58 Å². The van der Waals surface area contributed by atoms with Gasteiger partial charge in [0.1, 0.15) is 6.61 Å². The predicted molar refractivity (Wildman–Crippen MR) is 99.2 cm³/mol. The molecule has 2 aromatic heterocycles. The van der Waals surface area contributed by atoms with Gasteiger partial charge in [-0.15, -0.1) is 0 Å². The number of pyridine rings is 1. The molecule has 3 heterocycles. The zero-order valence-corrected chi connectivity index (χ0v) is 14.8. The van der Waals surface area contributed by atoms with Crippen molar-refractivity contribution in [2.75, 3.05) is 23.4 Å². The van der Waals surface area contributed by atoms with E-state index in [9.17, 15) is 14.4 Å². The van der Waals surface area contributed by atoms with Crippen molar-refractivity contribution < 1.29 is 14.3 Å². The first-order valence-corrected chi connectivity index (χ1v) is 8.36. The van der Waals surface area contributed by atoms with Gasteiger partial charge in [-0.05, 0) is 31.2 Å². The van der Waals surface area contributed by atoms with E-state index in [1.807, 2.05) is 0 Å². The Bertz CT molecular complexity index is 1130. The van der Waals surface area contributed by atoms with Gasteiger partial charge < -0.3 is 10.1 Å². The number of nitrogens with one attached hydrogen (secondary N) is 2. The molecule has 1 fully saturated rings. The zero-order chi connectivity index (χ0) is 19.1. The highest BCUT2D eigenvalue weighted by molar-refractivity contribution is 6.12. The normalized spacial score (nSPS) is 13.9. The molecule has 27 heavy (non-hydrogen) atoms. The lowest BCUT2D eigenvalue weighted by Gasteiger charge is -2.14. The SMILES string of the molecule is Cc1cc(C(=O)Nc2cccc(N3CCOC3=O)c2)c2c(=O)[nH]n(C)c2n1. The zero-order valence-electron chi connectivity index (χ0n) is 14.8. The van der Waals surface area contributed by atoms with Crippen LogP contribution in [0.15, 0.2) is 35.1 Å². The van der Waals surface area contributed by atoms with Crippen molar-refractivity contribution >= 4 is 34.4 Å². The predicted octanol–water partition coefficient (Wildman–Crippen LogP) is 1.78. The molecule has 138 valence electrons. The lowest BCUT2D eigenvalue weighted by molar-refractivity contribution is 0.102.